The van der Waals surface area contributed by atoms with E-state index in [0.717, 1.165) is 28.2 Å². The van der Waals surface area contributed by atoms with Gasteiger partial charge < -0.3 is 10.1 Å². The van der Waals surface area contributed by atoms with Crippen LogP contribution in [0.15, 0.2) is 77.0 Å². The molecule has 1 saturated carbocycles. The predicted molar refractivity (Wildman–Crippen MR) is 109 cm³/mol. The van der Waals surface area contributed by atoms with Crippen molar-refractivity contribution < 1.29 is 4.74 Å². The van der Waals surface area contributed by atoms with Crippen molar-refractivity contribution in [2.24, 2.45) is 4.99 Å². The maximum absolute atomic E-state index is 5.13. The van der Waals surface area contributed by atoms with E-state index >= 15 is 0 Å². The number of nitrogens with zero attached hydrogens (tertiary/aromatic N) is 2. The van der Waals surface area contributed by atoms with Gasteiger partial charge in [0.1, 0.15) is 6.04 Å². The average molecular weight is 360 g/mol. The van der Waals surface area contributed by atoms with Crippen LogP contribution in [0.1, 0.15) is 36.1 Å². The number of benzene rings is 1. The van der Waals surface area contributed by atoms with E-state index in [0.29, 0.717) is 12.5 Å². The fourth-order valence-electron chi connectivity index (χ4n) is 3.24. The number of H-pyrrole nitrogens is 1. The second-order valence-corrected chi connectivity index (χ2v) is 6.91. The smallest absolute Gasteiger partial charge is 0.152 e. The normalized spacial score (nSPS) is 19.9. The summed E-state index contributed by atoms with van der Waals surface area (Å²) in [6.45, 7) is 4.89. The van der Waals surface area contributed by atoms with Crippen LogP contribution in [0.25, 0.3) is 0 Å². The Bertz CT molecular complexity index is 903. The first-order valence-electron chi connectivity index (χ1n) is 9.25. The fourth-order valence-corrected chi connectivity index (χ4v) is 3.24. The quantitative estimate of drug-likeness (QED) is 0.762. The van der Waals surface area contributed by atoms with Crippen molar-refractivity contribution in [3.05, 3.63) is 83.2 Å². The molecule has 5 heteroatoms. The van der Waals surface area contributed by atoms with Crippen molar-refractivity contribution in [1.82, 2.24) is 10.2 Å². The lowest BCUT2D eigenvalue weighted by Gasteiger charge is -2.24. The molecule has 1 fully saturated rings. The van der Waals surface area contributed by atoms with E-state index in [1.54, 1.807) is 7.11 Å². The molecule has 2 N–H and O–H groups in total. The lowest BCUT2D eigenvalue weighted by atomic mass is 9.93. The van der Waals surface area contributed by atoms with Gasteiger partial charge in [-0.1, -0.05) is 49.1 Å². The molecular weight excluding hydrogens is 336 g/mol. The summed E-state index contributed by atoms with van der Waals surface area (Å²) in [6.07, 6.45) is 8.36. The zero-order valence-corrected chi connectivity index (χ0v) is 15.5. The highest BCUT2D eigenvalue weighted by Gasteiger charge is 2.27. The van der Waals surface area contributed by atoms with E-state index < -0.39 is 0 Å². The summed E-state index contributed by atoms with van der Waals surface area (Å²) in [7, 11) is 1.68. The fraction of sp³-hybridized carbons (Fsp3) is 0.273. The molecule has 1 aliphatic carbocycles. The summed E-state index contributed by atoms with van der Waals surface area (Å²) >= 11 is 0. The molecule has 2 aliphatic rings. The van der Waals surface area contributed by atoms with E-state index in [1.165, 1.54) is 18.5 Å². The molecule has 138 valence electrons. The molecular formula is C22H24N4O. The minimum Gasteiger partial charge on any atom is -0.381 e. The second kappa shape index (κ2) is 7.76. The summed E-state index contributed by atoms with van der Waals surface area (Å²) in [5.74, 6) is 1.45. The summed E-state index contributed by atoms with van der Waals surface area (Å²) in [4.78, 5) is 4.73. The van der Waals surface area contributed by atoms with E-state index in [9.17, 15) is 0 Å². The van der Waals surface area contributed by atoms with Crippen LogP contribution in [-0.2, 0) is 4.74 Å². The number of allylic oxidation sites excluding steroid dienone is 2. The van der Waals surface area contributed by atoms with Crippen molar-refractivity contribution in [3.8, 4) is 0 Å². The second-order valence-electron chi connectivity index (χ2n) is 6.91. The van der Waals surface area contributed by atoms with Gasteiger partial charge in [0, 0.05) is 36.6 Å². The summed E-state index contributed by atoms with van der Waals surface area (Å²) in [5.41, 5.74) is 5.17. The van der Waals surface area contributed by atoms with E-state index in [4.69, 9.17) is 9.73 Å². The van der Waals surface area contributed by atoms with Gasteiger partial charge in [0.2, 0.25) is 0 Å². The molecule has 5 nitrogen and oxygen atoms in total. The standard InChI is InChI=1S/C22H24N4O/c1-15-21(17-7-4-3-5-8-17)23-14-18(9-6-12-27-2)22(15)24-20-13-19(25-26-20)16-10-11-16/h3-9,13-14,16,21H,1,10-12H2,2H3,(H2,24,25,26). The number of aliphatic imine (C=N–C) groups is 1. The van der Waals surface area contributed by atoms with Gasteiger partial charge in [0.15, 0.2) is 5.82 Å². The highest BCUT2D eigenvalue weighted by molar-refractivity contribution is 5.88. The van der Waals surface area contributed by atoms with Crippen molar-refractivity contribution in [2.45, 2.75) is 24.8 Å². The Morgan fingerprint density at radius 1 is 1.30 bits per heavy atom. The third-order valence-electron chi connectivity index (χ3n) is 4.85. The Hall–Kier alpha value is -2.92. The summed E-state index contributed by atoms with van der Waals surface area (Å²) in [6, 6.07) is 12.2. The lowest BCUT2D eigenvalue weighted by Crippen LogP contribution is -2.15. The van der Waals surface area contributed by atoms with Crippen molar-refractivity contribution in [2.75, 3.05) is 19.0 Å². The third-order valence-corrected chi connectivity index (χ3v) is 4.85. The van der Waals surface area contributed by atoms with E-state index in [2.05, 4.69) is 40.3 Å². The molecule has 0 amide bonds. The van der Waals surface area contributed by atoms with Gasteiger partial charge in [-0.25, -0.2) is 0 Å². The lowest BCUT2D eigenvalue weighted by molar-refractivity contribution is 0.234. The number of aromatic amines is 1. The van der Waals surface area contributed by atoms with Crippen LogP contribution in [0.5, 0.6) is 0 Å². The number of nitrogens with one attached hydrogen (secondary N) is 2. The Balaban J connectivity index is 1.63. The van der Waals surface area contributed by atoms with Gasteiger partial charge in [-0.2, -0.15) is 5.10 Å². The van der Waals surface area contributed by atoms with Crippen molar-refractivity contribution in [3.63, 3.8) is 0 Å². The summed E-state index contributed by atoms with van der Waals surface area (Å²) in [5, 5.41) is 11.0. The summed E-state index contributed by atoms with van der Waals surface area (Å²) < 4.78 is 5.13. The van der Waals surface area contributed by atoms with Crippen LogP contribution in [0.3, 0.4) is 0 Å². The molecule has 1 aromatic carbocycles. The van der Waals surface area contributed by atoms with E-state index in [1.807, 2.05) is 36.6 Å². The molecule has 0 radical (unpaired) electrons. The van der Waals surface area contributed by atoms with Gasteiger partial charge in [-0.15, -0.1) is 0 Å². The first-order chi connectivity index (χ1) is 13.3. The zero-order valence-electron chi connectivity index (χ0n) is 15.5. The number of anilines is 1. The largest absolute Gasteiger partial charge is 0.381 e. The van der Waals surface area contributed by atoms with Crippen LogP contribution in [0.4, 0.5) is 5.82 Å². The SMILES string of the molecule is C=C1C(Nc2cc(C3CC3)[nH]n2)=C(C=CCOC)C=NC1c1ccccc1. The van der Waals surface area contributed by atoms with E-state index in [-0.39, 0.29) is 6.04 Å². The number of hydrogen-bond donors (Lipinski definition) is 2. The van der Waals surface area contributed by atoms with Gasteiger partial charge >= 0.3 is 0 Å². The number of dihydropyridines is 1. The molecule has 4 rings (SSSR count). The molecule has 1 unspecified atom stereocenters. The van der Waals surface area contributed by atoms with Crippen LogP contribution in [0, 0.1) is 0 Å². The molecule has 0 saturated heterocycles. The number of hydrogen-bond acceptors (Lipinski definition) is 4. The van der Waals surface area contributed by atoms with Gasteiger partial charge in [-0.3, -0.25) is 10.1 Å². The highest BCUT2D eigenvalue weighted by atomic mass is 16.5. The number of aromatic nitrogens is 2. The highest BCUT2D eigenvalue weighted by Crippen LogP contribution is 2.40. The maximum Gasteiger partial charge on any atom is 0.152 e. The topological polar surface area (TPSA) is 62.3 Å². The Kier molecular flexibility index (Phi) is 5.03. The molecule has 1 aliphatic heterocycles. The van der Waals surface area contributed by atoms with Gasteiger partial charge in [-0.05, 0) is 24.0 Å². The minimum atomic E-state index is -0.102. The number of ether oxygens (including phenoxy) is 1. The molecule has 2 aromatic rings. The number of rotatable bonds is 7. The first kappa shape index (κ1) is 17.5. The Morgan fingerprint density at radius 3 is 2.85 bits per heavy atom. The monoisotopic (exact) mass is 360 g/mol. The van der Waals surface area contributed by atoms with Crippen molar-refractivity contribution in [1.29, 1.82) is 0 Å². The van der Waals surface area contributed by atoms with Crippen LogP contribution in [-0.4, -0.2) is 30.1 Å². The van der Waals surface area contributed by atoms with Crippen LogP contribution >= 0.6 is 0 Å². The Labute approximate surface area is 159 Å². The van der Waals surface area contributed by atoms with Gasteiger partial charge in [0.25, 0.3) is 0 Å². The third kappa shape index (κ3) is 3.93. The number of methoxy groups -OCH3 is 1. The molecule has 1 aromatic heterocycles. The van der Waals surface area contributed by atoms with Gasteiger partial charge in [0.05, 0.1) is 12.3 Å². The van der Waals surface area contributed by atoms with Crippen molar-refractivity contribution >= 4 is 12.0 Å². The molecule has 0 spiro atoms. The zero-order chi connectivity index (χ0) is 18.6. The Morgan fingerprint density at radius 2 is 2.11 bits per heavy atom. The first-order valence-corrected chi connectivity index (χ1v) is 9.25. The predicted octanol–water partition coefficient (Wildman–Crippen LogP) is 4.54. The maximum atomic E-state index is 5.13. The molecule has 1 atom stereocenters. The molecule has 27 heavy (non-hydrogen) atoms. The molecule has 2 heterocycles. The van der Waals surface area contributed by atoms with Crippen LogP contribution < -0.4 is 5.32 Å². The minimum absolute atomic E-state index is 0.102. The van der Waals surface area contributed by atoms with Crippen LogP contribution in [0.2, 0.25) is 0 Å². The average Bonchev–Trinajstić information content (AvgIpc) is 3.44. The molecule has 0 bridgehead atoms.